The van der Waals surface area contributed by atoms with Crippen molar-refractivity contribution < 1.29 is 18.8 Å². The summed E-state index contributed by atoms with van der Waals surface area (Å²) in [6.45, 7) is 0.502. The van der Waals surface area contributed by atoms with Crippen LogP contribution in [0.15, 0.2) is 42.5 Å². The fourth-order valence-corrected chi connectivity index (χ4v) is 3.59. The molecule has 2 aromatic carbocycles. The topological polar surface area (TPSA) is 69.7 Å². The van der Waals surface area contributed by atoms with E-state index in [4.69, 9.17) is 11.6 Å². The molecule has 3 amide bonds. The molecule has 4 rings (SSSR count). The number of piperazine rings is 1. The lowest BCUT2D eigenvalue weighted by molar-refractivity contribution is -0.121. The number of hydrogen-bond acceptors (Lipinski definition) is 3. The van der Waals surface area contributed by atoms with Crippen molar-refractivity contribution in [3.8, 4) is 0 Å². The van der Waals surface area contributed by atoms with Gasteiger partial charge >= 0.3 is 0 Å². The third kappa shape index (κ3) is 3.14. The minimum atomic E-state index is -0.824. The molecule has 6 nitrogen and oxygen atoms in total. The van der Waals surface area contributed by atoms with Crippen molar-refractivity contribution in [2.75, 3.05) is 25.0 Å². The molecule has 0 spiro atoms. The van der Waals surface area contributed by atoms with Gasteiger partial charge in [-0.2, -0.15) is 0 Å². The third-order valence-electron chi connectivity index (χ3n) is 4.77. The van der Waals surface area contributed by atoms with Gasteiger partial charge in [0.15, 0.2) is 0 Å². The maximum absolute atomic E-state index is 13.4. The normalized spacial score (nSPS) is 19.1. The van der Waals surface area contributed by atoms with Crippen LogP contribution in [-0.2, 0) is 4.79 Å². The number of anilines is 1. The predicted molar refractivity (Wildman–Crippen MR) is 97.2 cm³/mol. The first kappa shape index (κ1) is 17.5. The molecular formula is C19H15ClFN3O3. The molecule has 27 heavy (non-hydrogen) atoms. The van der Waals surface area contributed by atoms with E-state index in [0.29, 0.717) is 16.3 Å². The summed E-state index contributed by atoms with van der Waals surface area (Å²) >= 11 is 5.96. The average molecular weight is 388 g/mol. The van der Waals surface area contributed by atoms with Gasteiger partial charge in [0.1, 0.15) is 11.9 Å². The Labute approximate surface area is 159 Å². The maximum atomic E-state index is 13.4. The van der Waals surface area contributed by atoms with Crippen molar-refractivity contribution in [2.45, 2.75) is 6.04 Å². The second-order valence-corrected chi connectivity index (χ2v) is 6.89. The Kier molecular flexibility index (Phi) is 4.31. The van der Waals surface area contributed by atoms with E-state index in [0.717, 1.165) is 6.07 Å². The van der Waals surface area contributed by atoms with Crippen molar-refractivity contribution in [1.29, 1.82) is 0 Å². The summed E-state index contributed by atoms with van der Waals surface area (Å²) in [5.41, 5.74) is 0.925. The van der Waals surface area contributed by atoms with Crippen molar-refractivity contribution >= 4 is 35.0 Å². The number of benzene rings is 2. The van der Waals surface area contributed by atoms with Crippen LogP contribution in [0, 0.1) is 5.82 Å². The van der Waals surface area contributed by atoms with Crippen molar-refractivity contribution in [3.05, 3.63) is 64.4 Å². The third-order valence-corrected chi connectivity index (χ3v) is 5.01. The fraction of sp³-hybridized carbons (Fsp3) is 0.211. The monoisotopic (exact) mass is 387 g/mol. The van der Waals surface area contributed by atoms with Gasteiger partial charge in [-0.05, 0) is 36.4 Å². The van der Waals surface area contributed by atoms with E-state index in [-0.39, 0.29) is 42.9 Å². The Bertz CT molecular complexity index is 965. The first-order valence-corrected chi connectivity index (χ1v) is 8.78. The van der Waals surface area contributed by atoms with Gasteiger partial charge in [-0.1, -0.05) is 17.7 Å². The molecule has 2 aromatic rings. The van der Waals surface area contributed by atoms with Crippen molar-refractivity contribution in [3.63, 3.8) is 0 Å². The first-order chi connectivity index (χ1) is 12.9. The lowest BCUT2D eigenvalue weighted by atomic mass is 10.1. The van der Waals surface area contributed by atoms with Crippen LogP contribution in [0.4, 0.5) is 10.1 Å². The number of carbonyl (C=O) groups is 3. The van der Waals surface area contributed by atoms with Crippen molar-refractivity contribution in [1.82, 2.24) is 9.80 Å². The zero-order valence-electron chi connectivity index (χ0n) is 14.1. The van der Waals surface area contributed by atoms with E-state index >= 15 is 0 Å². The summed E-state index contributed by atoms with van der Waals surface area (Å²) in [6.07, 6.45) is 0. The van der Waals surface area contributed by atoms with E-state index in [2.05, 4.69) is 5.32 Å². The van der Waals surface area contributed by atoms with E-state index in [1.807, 2.05) is 0 Å². The van der Waals surface area contributed by atoms with Crippen LogP contribution in [0.1, 0.15) is 20.7 Å². The molecule has 0 aromatic heterocycles. The molecule has 0 aliphatic carbocycles. The van der Waals surface area contributed by atoms with Crippen molar-refractivity contribution in [2.24, 2.45) is 0 Å². The standard InChI is InChI=1S/C19H15ClFN3O3/c20-12-4-5-14-15(9-12)22-17(25)16-10-23(6-7-24(16)19(14)27)18(26)11-2-1-3-13(21)8-11/h1-5,8-9,16H,6-7,10H2,(H,22,25). The highest BCUT2D eigenvalue weighted by Gasteiger charge is 2.40. The Morgan fingerprint density at radius 3 is 2.74 bits per heavy atom. The van der Waals surface area contributed by atoms with Crippen LogP contribution in [0.2, 0.25) is 5.02 Å². The number of halogens is 2. The second-order valence-electron chi connectivity index (χ2n) is 6.46. The largest absolute Gasteiger partial charge is 0.334 e. The van der Waals surface area contributed by atoms with Gasteiger partial charge in [-0.25, -0.2) is 4.39 Å². The summed E-state index contributed by atoms with van der Waals surface area (Å²) < 4.78 is 13.4. The van der Waals surface area contributed by atoms with Gasteiger partial charge in [0.2, 0.25) is 5.91 Å². The number of amides is 3. The number of nitrogens with zero attached hydrogens (tertiary/aromatic N) is 2. The molecule has 138 valence electrons. The van der Waals surface area contributed by atoms with E-state index in [1.54, 1.807) is 12.1 Å². The molecule has 2 aliphatic heterocycles. The highest BCUT2D eigenvalue weighted by atomic mass is 35.5. The number of fused-ring (bicyclic) bond motifs is 2. The van der Waals surface area contributed by atoms with Crippen LogP contribution >= 0.6 is 11.6 Å². The Hall–Kier alpha value is -2.93. The SMILES string of the molecule is O=C1Nc2cc(Cl)ccc2C(=O)N2CCN(C(=O)c3cccc(F)c3)CC12. The van der Waals surface area contributed by atoms with Gasteiger partial charge < -0.3 is 15.1 Å². The molecule has 1 fully saturated rings. The summed E-state index contributed by atoms with van der Waals surface area (Å²) in [6, 6.07) is 9.27. The summed E-state index contributed by atoms with van der Waals surface area (Å²) in [5.74, 6) is -1.56. The number of carbonyl (C=O) groups excluding carboxylic acids is 3. The average Bonchev–Trinajstić information content (AvgIpc) is 2.75. The van der Waals surface area contributed by atoms with E-state index in [9.17, 15) is 18.8 Å². The highest BCUT2D eigenvalue weighted by molar-refractivity contribution is 6.31. The maximum Gasteiger partial charge on any atom is 0.256 e. The predicted octanol–water partition coefficient (Wildman–Crippen LogP) is 2.40. The lowest BCUT2D eigenvalue weighted by Gasteiger charge is -2.39. The first-order valence-electron chi connectivity index (χ1n) is 8.40. The molecule has 1 saturated heterocycles. The molecular weight excluding hydrogens is 373 g/mol. The molecule has 8 heteroatoms. The highest BCUT2D eigenvalue weighted by Crippen LogP contribution is 2.28. The summed E-state index contributed by atoms with van der Waals surface area (Å²) in [4.78, 5) is 41.1. The molecule has 0 saturated carbocycles. The van der Waals surface area contributed by atoms with Crippen LogP contribution in [0.25, 0.3) is 0 Å². The van der Waals surface area contributed by atoms with Gasteiger partial charge in [0.05, 0.1) is 17.8 Å². The van der Waals surface area contributed by atoms with E-state index < -0.39 is 11.9 Å². The minimum Gasteiger partial charge on any atom is -0.334 e. The van der Waals surface area contributed by atoms with Crippen LogP contribution in [-0.4, -0.2) is 53.2 Å². The molecule has 0 bridgehead atoms. The van der Waals surface area contributed by atoms with Gasteiger partial charge in [-0.3, -0.25) is 14.4 Å². The van der Waals surface area contributed by atoms with E-state index in [1.165, 1.54) is 34.1 Å². The molecule has 2 aliphatic rings. The smallest absolute Gasteiger partial charge is 0.256 e. The molecule has 1 unspecified atom stereocenters. The zero-order valence-corrected chi connectivity index (χ0v) is 14.9. The molecule has 1 atom stereocenters. The summed E-state index contributed by atoms with van der Waals surface area (Å²) in [5, 5.41) is 3.12. The summed E-state index contributed by atoms with van der Waals surface area (Å²) in [7, 11) is 0. The molecule has 2 heterocycles. The van der Waals surface area contributed by atoms with Gasteiger partial charge in [0, 0.05) is 23.7 Å². The van der Waals surface area contributed by atoms with Crippen LogP contribution in [0.3, 0.4) is 0 Å². The zero-order chi connectivity index (χ0) is 19.1. The number of hydrogen-bond donors (Lipinski definition) is 1. The Morgan fingerprint density at radius 2 is 1.96 bits per heavy atom. The number of rotatable bonds is 1. The molecule has 1 N–H and O–H groups in total. The number of nitrogens with one attached hydrogen (secondary N) is 1. The van der Waals surface area contributed by atoms with Gasteiger partial charge in [-0.15, -0.1) is 0 Å². The Balaban J connectivity index is 1.61. The Morgan fingerprint density at radius 1 is 1.15 bits per heavy atom. The van der Waals surface area contributed by atoms with Crippen LogP contribution < -0.4 is 5.32 Å². The fourth-order valence-electron chi connectivity index (χ4n) is 3.42. The quantitative estimate of drug-likeness (QED) is 0.817. The minimum absolute atomic E-state index is 0.0363. The second kappa shape index (κ2) is 6.66. The van der Waals surface area contributed by atoms with Crippen LogP contribution in [0.5, 0.6) is 0 Å². The lowest BCUT2D eigenvalue weighted by Crippen LogP contribution is -2.59. The van der Waals surface area contributed by atoms with Gasteiger partial charge in [0.25, 0.3) is 11.8 Å². The molecule has 0 radical (unpaired) electrons.